The van der Waals surface area contributed by atoms with Crippen molar-refractivity contribution in [2.75, 3.05) is 23.7 Å². The van der Waals surface area contributed by atoms with E-state index in [1.54, 1.807) is 17.8 Å². The minimum Gasteiger partial charge on any atom is -0.367 e. The monoisotopic (exact) mass is 349 g/mol. The van der Waals surface area contributed by atoms with Gasteiger partial charge in [0.15, 0.2) is 0 Å². The molecule has 0 aliphatic carbocycles. The quantitative estimate of drug-likeness (QED) is 0.850. The summed E-state index contributed by atoms with van der Waals surface area (Å²) in [7, 11) is 1.75. The largest absolute Gasteiger partial charge is 0.367 e. The number of piperidine rings is 1. The Morgan fingerprint density at radius 3 is 2.58 bits per heavy atom. The average Bonchev–Trinajstić information content (AvgIpc) is 3.07. The van der Waals surface area contributed by atoms with E-state index in [-0.39, 0.29) is 11.9 Å². The van der Waals surface area contributed by atoms with Gasteiger partial charge in [-0.1, -0.05) is 11.6 Å². The molecule has 9 heteroatoms. The molecule has 3 rings (SSSR count). The second-order valence-corrected chi connectivity index (χ2v) is 6.18. The molecule has 24 heavy (non-hydrogen) atoms. The fraction of sp³-hybridized carbons (Fsp3) is 0.467. The molecule has 128 valence electrons. The summed E-state index contributed by atoms with van der Waals surface area (Å²) in [5.41, 5.74) is 7.30. The predicted molar refractivity (Wildman–Crippen MR) is 93.1 cm³/mol. The van der Waals surface area contributed by atoms with Crippen LogP contribution in [0, 0.1) is 6.92 Å². The minimum absolute atomic E-state index is 0.0826. The lowest BCUT2D eigenvalue weighted by atomic mass is 10.1. The molecule has 1 fully saturated rings. The minimum atomic E-state index is -0.308. The van der Waals surface area contributed by atoms with Gasteiger partial charge in [-0.3, -0.25) is 9.48 Å². The van der Waals surface area contributed by atoms with Gasteiger partial charge in [0.05, 0.1) is 5.69 Å². The summed E-state index contributed by atoms with van der Waals surface area (Å²) in [5.74, 6) is 0.271. The van der Waals surface area contributed by atoms with E-state index in [1.807, 2.05) is 11.8 Å². The molecule has 0 bridgehead atoms. The summed E-state index contributed by atoms with van der Waals surface area (Å²) in [4.78, 5) is 14.7. The molecule has 0 atom stereocenters. The Bertz CT molecular complexity index is 786. The van der Waals surface area contributed by atoms with E-state index in [1.165, 1.54) is 17.1 Å². The van der Waals surface area contributed by atoms with Crippen molar-refractivity contribution in [2.24, 2.45) is 7.05 Å². The SMILES string of the molecule is Cc1nn(C)c(Cl)c1/C=C/C(=O)n1c(N)nnc1N1CCCCC1. The molecule has 8 nitrogen and oxygen atoms in total. The number of aryl methyl sites for hydroxylation is 2. The molecule has 1 saturated heterocycles. The van der Waals surface area contributed by atoms with Crippen LogP contribution in [-0.2, 0) is 7.05 Å². The molecule has 2 aromatic heterocycles. The fourth-order valence-electron chi connectivity index (χ4n) is 2.86. The lowest BCUT2D eigenvalue weighted by Gasteiger charge is -2.26. The van der Waals surface area contributed by atoms with Crippen LogP contribution in [0.4, 0.5) is 11.9 Å². The number of nitrogens with zero attached hydrogens (tertiary/aromatic N) is 6. The summed E-state index contributed by atoms with van der Waals surface area (Å²) in [6.45, 7) is 3.54. The Balaban J connectivity index is 1.87. The van der Waals surface area contributed by atoms with Gasteiger partial charge in [-0.05, 0) is 32.3 Å². The van der Waals surface area contributed by atoms with Crippen molar-refractivity contribution in [2.45, 2.75) is 26.2 Å². The van der Waals surface area contributed by atoms with Gasteiger partial charge in [-0.15, -0.1) is 10.2 Å². The highest BCUT2D eigenvalue weighted by Crippen LogP contribution is 2.22. The Morgan fingerprint density at radius 1 is 1.25 bits per heavy atom. The number of nitrogen functional groups attached to an aromatic ring is 1. The zero-order valence-electron chi connectivity index (χ0n) is 13.7. The second kappa shape index (κ2) is 6.64. The molecule has 0 aromatic carbocycles. The van der Waals surface area contributed by atoms with Gasteiger partial charge in [0, 0.05) is 31.8 Å². The van der Waals surface area contributed by atoms with Crippen LogP contribution in [0.2, 0.25) is 5.15 Å². The molecule has 1 aliphatic rings. The van der Waals surface area contributed by atoms with E-state index in [2.05, 4.69) is 15.3 Å². The van der Waals surface area contributed by atoms with E-state index in [9.17, 15) is 4.79 Å². The molecular weight excluding hydrogens is 330 g/mol. The van der Waals surface area contributed by atoms with Gasteiger partial charge in [0.25, 0.3) is 5.91 Å². The van der Waals surface area contributed by atoms with Gasteiger partial charge in [-0.25, -0.2) is 4.57 Å². The van der Waals surface area contributed by atoms with Crippen LogP contribution in [-0.4, -0.2) is 43.5 Å². The van der Waals surface area contributed by atoms with E-state index >= 15 is 0 Å². The maximum Gasteiger partial charge on any atom is 0.260 e. The third-order valence-electron chi connectivity index (χ3n) is 4.12. The summed E-state index contributed by atoms with van der Waals surface area (Å²) < 4.78 is 2.90. The van der Waals surface area contributed by atoms with Crippen LogP contribution in [0.25, 0.3) is 6.08 Å². The maximum atomic E-state index is 12.6. The topological polar surface area (TPSA) is 94.9 Å². The van der Waals surface area contributed by atoms with Gasteiger partial charge >= 0.3 is 0 Å². The number of anilines is 2. The highest BCUT2D eigenvalue weighted by atomic mass is 35.5. The Morgan fingerprint density at radius 2 is 1.96 bits per heavy atom. The first kappa shape index (κ1) is 16.5. The lowest BCUT2D eigenvalue weighted by molar-refractivity contribution is 0.0973. The number of halogens is 1. The molecule has 2 N–H and O–H groups in total. The zero-order valence-corrected chi connectivity index (χ0v) is 14.5. The highest BCUT2D eigenvalue weighted by molar-refractivity contribution is 6.31. The molecular formula is C15H20ClN7O. The van der Waals surface area contributed by atoms with Gasteiger partial charge < -0.3 is 10.6 Å². The van der Waals surface area contributed by atoms with E-state index in [4.69, 9.17) is 17.3 Å². The normalized spacial score (nSPS) is 15.4. The molecule has 3 heterocycles. The van der Waals surface area contributed by atoms with Crippen molar-refractivity contribution in [1.29, 1.82) is 0 Å². The third kappa shape index (κ3) is 3.01. The number of aromatic nitrogens is 5. The van der Waals surface area contributed by atoms with Crippen molar-refractivity contribution in [3.8, 4) is 0 Å². The fourth-order valence-corrected chi connectivity index (χ4v) is 3.10. The molecule has 0 saturated carbocycles. The van der Waals surface area contributed by atoms with E-state index < -0.39 is 0 Å². The number of hydrogen-bond donors (Lipinski definition) is 1. The average molecular weight is 350 g/mol. The van der Waals surface area contributed by atoms with Gasteiger partial charge in [0.1, 0.15) is 5.15 Å². The lowest BCUT2D eigenvalue weighted by Crippen LogP contribution is -2.33. The standard InChI is InChI=1S/C15H20ClN7O/c1-10-11(13(16)21(2)20-10)6-7-12(24)23-14(17)18-19-15(23)22-8-4-3-5-9-22/h6-7H,3-5,8-9H2,1-2H3,(H2,17,18)/b7-6+. The molecule has 1 aliphatic heterocycles. The Kier molecular flexibility index (Phi) is 4.57. The Labute approximate surface area is 144 Å². The van der Waals surface area contributed by atoms with Crippen molar-refractivity contribution in [3.05, 3.63) is 22.5 Å². The summed E-state index contributed by atoms with van der Waals surface area (Å²) in [6.07, 6.45) is 6.39. The zero-order chi connectivity index (χ0) is 17.3. The van der Waals surface area contributed by atoms with Crippen LogP contribution >= 0.6 is 11.6 Å². The van der Waals surface area contributed by atoms with Crippen molar-refractivity contribution >= 4 is 35.5 Å². The molecule has 2 aromatic rings. The number of carbonyl (C=O) groups is 1. The molecule has 0 spiro atoms. The van der Waals surface area contributed by atoms with Crippen LogP contribution in [0.15, 0.2) is 6.08 Å². The van der Waals surface area contributed by atoms with Crippen LogP contribution < -0.4 is 10.6 Å². The Hall–Kier alpha value is -2.35. The van der Waals surface area contributed by atoms with Crippen molar-refractivity contribution in [3.63, 3.8) is 0 Å². The number of carbonyl (C=O) groups excluding carboxylic acids is 1. The first-order valence-electron chi connectivity index (χ1n) is 7.86. The first-order chi connectivity index (χ1) is 11.5. The number of rotatable bonds is 3. The third-order valence-corrected chi connectivity index (χ3v) is 4.57. The van der Waals surface area contributed by atoms with Gasteiger partial charge in [0.2, 0.25) is 11.9 Å². The van der Waals surface area contributed by atoms with Crippen LogP contribution in [0.3, 0.4) is 0 Å². The summed E-state index contributed by atoms with van der Waals surface area (Å²) in [5, 5.41) is 12.6. The number of hydrogen-bond acceptors (Lipinski definition) is 6. The highest BCUT2D eigenvalue weighted by Gasteiger charge is 2.22. The smallest absolute Gasteiger partial charge is 0.260 e. The second-order valence-electron chi connectivity index (χ2n) is 5.83. The number of nitrogens with two attached hydrogens (primary N) is 1. The van der Waals surface area contributed by atoms with E-state index in [0.29, 0.717) is 16.7 Å². The first-order valence-corrected chi connectivity index (χ1v) is 8.24. The van der Waals surface area contributed by atoms with Crippen molar-refractivity contribution in [1.82, 2.24) is 24.5 Å². The number of allylic oxidation sites excluding steroid dienone is 1. The molecule has 0 amide bonds. The van der Waals surface area contributed by atoms with Crippen LogP contribution in [0.5, 0.6) is 0 Å². The molecule has 0 unspecified atom stereocenters. The summed E-state index contributed by atoms with van der Waals surface area (Å²) in [6, 6.07) is 0. The predicted octanol–water partition coefficient (Wildman–Crippen LogP) is 1.90. The van der Waals surface area contributed by atoms with Crippen LogP contribution in [0.1, 0.15) is 35.3 Å². The molecule has 0 radical (unpaired) electrons. The van der Waals surface area contributed by atoms with E-state index in [0.717, 1.165) is 31.6 Å². The van der Waals surface area contributed by atoms with Crippen molar-refractivity contribution < 1.29 is 4.79 Å². The summed E-state index contributed by atoms with van der Waals surface area (Å²) >= 11 is 6.18. The maximum absolute atomic E-state index is 12.6. The van der Waals surface area contributed by atoms with Gasteiger partial charge in [-0.2, -0.15) is 5.10 Å².